The highest BCUT2D eigenvalue weighted by molar-refractivity contribution is 6.30. The predicted octanol–water partition coefficient (Wildman–Crippen LogP) is 4.84. The van der Waals surface area contributed by atoms with E-state index in [9.17, 15) is 15.0 Å². The molecule has 1 aliphatic heterocycles. The van der Waals surface area contributed by atoms with Gasteiger partial charge < -0.3 is 26.0 Å². The van der Waals surface area contributed by atoms with Crippen molar-refractivity contribution in [1.29, 1.82) is 0 Å². The van der Waals surface area contributed by atoms with Crippen LogP contribution < -0.4 is 11.1 Å². The minimum Gasteiger partial charge on any atom is -0.381 e. The molecule has 2 aliphatic carbocycles. The SMILES string of the molecule is N[C@H]1CCC[C@@](O)(C#Cc2cccc(Cl)c2)C1.O=C(N[C@@H]1CCC[C@](O)(C#Cc2cccc(Cl)c2)C1)[C@H]1CCOC1. The first-order chi connectivity index (χ1) is 19.6. The number of carbonyl (C=O) groups is 1. The van der Waals surface area contributed by atoms with Gasteiger partial charge in [0.1, 0.15) is 11.2 Å². The maximum atomic E-state index is 12.2. The predicted molar refractivity (Wildman–Crippen MR) is 162 cm³/mol. The zero-order chi connectivity index (χ0) is 29.3. The minimum atomic E-state index is -1.06. The van der Waals surface area contributed by atoms with Crippen LogP contribution in [0.3, 0.4) is 0 Å². The van der Waals surface area contributed by atoms with E-state index in [2.05, 4.69) is 29.0 Å². The van der Waals surface area contributed by atoms with Crippen molar-refractivity contribution in [3.05, 3.63) is 69.7 Å². The van der Waals surface area contributed by atoms with Crippen LogP contribution in [0.2, 0.25) is 10.0 Å². The molecule has 8 heteroatoms. The van der Waals surface area contributed by atoms with Crippen LogP contribution in [0.1, 0.15) is 68.9 Å². The van der Waals surface area contributed by atoms with Crippen LogP contribution in [0.5, 0.6) is 0 Å². The lowest BCUT2D eigenvalue weighted by molar-refractivity contribution is -0.126. The molecule has 2 saturated carbocycles. The number of aliphatic hydroxyl groups is 2. The molecule has 0 aromatic heterocycles. The van der Waals surface area contributed by atoms with Gasteiger partial charge >= 0.3 is 0 Å². The number of hydrogen-bond donors (Lipinski definition) is 4. The fourth-order valence-electron chi connectivity index (χ4n) is 5.47. The normalized spacial score (nSPS) is 29.0. The zero-order valence-corrected chi connectivity index (χ0v) is 24.7. The van der Waals surface area contributed by atoms with Crippen molar-refractivity contribution in [2.75, 3.05) is 13.2 Å². The number of nitrogens with two attached hydrogens (primary N) is 1. The van der Waals surface area contributed by atoms with Crippen LogP contribution in [0.25, 0.3) is 0 Å². The number of amides is 1. The molecule has 5 N–H and O–H groups in total. The van der Waals surface area contributed by atoms with Gasteiger partial charge in [0.25, 0.3) is 0 Å². The van der Waals surface area contributed by atoms with E-state index in [1.165, 1.54) is 0 Å². The fourth-order valence-corrected chi connectivity index (χ4v) is 5.85. The number of halogens is 2. The second-order valence-electron chi connectivity index (χ2n) is 11.3. The Bertz CT molecular complexity index is 1320. The topological polar surface area (TPSA) is 105 Å². The molecule has 2 aromatic rings. The number of ether oxygens (including phenoxy) is 1. The molecule has 0 unspecified atom stereocenters. The van der Waals surface area contributed by atoms with Gasteiger partial charge in [0, 0.05) is 52.7 Å². The van der Waals surface area contributed by atoms with Crippen LogP contribution in [0.4, 0.5) is 0 Å². The molecule has 0 radical (unpaired) electrons. The molecule has 5 rings (SSSR count). The molecular formula is C33H38Cl2N2O4. The molecule has 0 bridgehead atoms. The molecule has 218 valence electrons. The third-order valence-electron chi connectivity index (χ3n) is 7.67. The Hall–Kier alpha value is -2.55. The lowest BCUT2D eigenvalue weighted by Crippen LogP contribution is -2.46. The average molecular weight is 598 g/mol. The molecule has 5 atom stereocenters. The van der Waals surface area contributed by atoms with E-state index in [0.29, 0.717) is 48.9 Å². The van der Waals surface area contributed by atoms with Gasteiger partial charge in [-0.3, -0.25) is 4.79 Å². The molecule has 41 heavy (non-hydrogen) atoms. The molecule has 1 heterocycles. The summed E-state index contributed by atoms with van der Waals surface area (Å²) in [6, 6.07) is 14.6. The maximum absolute atomic E-state index is 12.2. The zero-order valence-electron chi connectivity index (χ0n) is 23.2. The smallest absolute Gasteiger partial charge is 0.225 e. The number of hydrogen-bond acceptors (Lipinski definition) is 5. The Kier molecular flexibility index (Phi) is 11.1. The Labute approximate surface area is 252 Å². The van der Waals surface area contributed by atoms with Crippen molar-refractivity contribution in [1.82, 2.24) is 5.32 Å². The van der Waals surface area contributed by atoms with Gasteiger partial charge in [-0.05, 0) is 81.3 Å². The molecule has 2 aromatic carbocycles. The van der Waals surface area contributed by atoms with Crippen LogP contribution in [-0.4, -0.2) is 52.6 Å². The van der Waals surface area contributed by atoms with Gasteiger partial charge in [-0.15, -0.1) is 0 Å². The van der Waals surface area contributed by atoms with Crippen molar-refractivity contribution in [3.63, 3.8) is 0 Å². The van der Waals surface area contributed by atoms with E-state index in [4.69, 9.17) is 33.7 Å². The summed E-state index contributed by atoms with van der Waals surface area (Å²) in [5.74, 6) is 11.9. The highest BCUT2D eigenvalue weighted by Gasteiger charge is 2.35. The summed E-state index contributed by atoms with van der Waals surface area (Å²) in [5, 5.41) is 25.4. The van der Waals surface area contributed by atoms with Crippen LogP contribution >= 0.6 is 23.2 Å². The molecule has 3 aliphatic rings. The first-order valence-corrected chi connectivity index (χ1v) is 15.0. The highest BCUT2D eigenvalue weighted by atomic mass is 35.5. The fraction of sp³-hybridized carbons (Fsp3) is 0.485. The molecule has 0 spiro atoms. The van der Waals surface area contributed by atoms with Crippen molar-refractivity contribution in [2.45, 2.75) is 81.1 Å². The van der Waals surface area contributed by atoms with Gasteiger partial charge in [0.15, 0.2) is 0 Å². The highest BCUT2D eigenvalue weighted by Crippen LogP contribution is 2.29. The van der Waals surface area contributed by atoms with Crippen LogP contribution in [0, 0.1) is 29.6 Å². The van der Waals surface area contributed by atoms with Crippen molar-refractivity contribution in [2.24, 2.45) is 11.7 Å². The summed E-state index contributed by atoms with van der Waals surface area (Å²) in [4.78, 5) is 12.2. The molecule has 1 amide bonds. The number of benzene rings is 2. The maximum Gasteiger partial charge on any atom is 0.225 e. The Morgan fingerprint density at radius 3 is 2.02 bits per heavy atom. The van der Waals surface area contributed by atoms with Crippen LogP contribution in [0.15, 0.2) is 48.5 Å². The molecule has 6 nitrogen and oxygen atoms in total. The standard InChI is InChI=1S/C19H22ClNO3.C14H16ClNO/c20-16-4-1-3-14(11-16)6-9-19(23)8-2-5-17(12-19)21-18(22)15-7-10-24-13-15;15-12-4-1-3-11(9-12)6-8-14(17)7-2-5-13(16)10-14/h1,3-4,11,15,17,23H,2,5,7-8,10,12-13H2,(H,21,22);1,3-4,9,13,17H,2,5,7,10,16H2/t15-,17+,19-;13-,14+/m00/s1. The summed E-state index contributed by atoms with van der Waals surface area (Å²) in [7, 11) is 0. The number of carbonyl (C=O) groups excluding carboxylic acids is 1. The Balaban J connectivity index is 0.000000201. The first-order valence-electron chi connectivity index (χ1n) is 14.3. The number of nitrogens with one attached hydrogen (secondary N) is 1. The van der Waals surface area contributed by atoms with E-state index in [-0.39, 0.29) is 23.9 Å². The first kappa shape index (κ1) is 31.4. The van der Waals surface area contributed by atoms with E-state index in [1.54, 1.807) is 24.3 Å². The lowest BCUT2D eigenvalue weighted by Gasteiger charge is -2.33. The second kappa shape index (κ2) is 14.6. The molecule has 1 saturated heterocycles. The number of rotatable bonds is 2. The summed E-state index contributed by atoms with van der Waals surface area (Å²) >= 11 is 11.8. The van der Waals surface area contributed by atoms with Gasteiger partial charge in [-0.25, -0.2) is 0 Å². The summed E-state index contributed by atoms with van der Waals surface area (Å²) in [6.07, 6.45) is 6.74. The minimum absolute atomic E-state index is 0.0320. The van der Waals surface area contributed by atoms with Gasteiger partial charge in [0.2, 0.25) is 5.91 Å². The summed E-state index contributed by atoms with van der Waals surface area (Å²) in [6.45, 7) is 1.15. The van der Waals surface area contributed by atoms with E-state index in [1.807, 2.05) is 24.3 Å². The summed E-state index contributed by atoms with van der Waals surface area (Å²) in [5.41, 5.74) is 5.47. The van der Waals surface area contributed by atoms with Gasteiger partial charge in [0.05, 0.1) is 12.5 Å². The molecule has 3 fully saturated rings. The van der Waals surface area contributed by atoms with Gasteiger partial charge in [-0.2, -0.15) is 0 Å². The second-order valence-corrected chi connectivity index (χ2v) is 12.2. The Morgan fingerprint density at radius 2 is 1.49 bits per heavy atom. The summed E-state index contributed by atoms with van der Waals surface area (Å²) < 4.78 is 5.26. The third kappa shape index (κ3) is 10.0. The monoisotopic (exact) mass is 596 g/mol. The largest absolute Gasteiger partial charge is 0.381 e. The van der Waals surface area contributed by atoms with Crippen LogP contribution in [-0.2, 0) is 9.53 Å². The van der Waals surface area contributed by atoms with E-state index < -0.39 is 11.2 Å². The quantitative estimate of drug-likeness (QED) is 0.371. The Morgan fingerprint density at radius 1 is 0.902 bits per heavy atom. The third-order valence-corrected chi connectivity index (χ3v) is 8.14. The lowest BCUT2D eigenvalue weighted by atomic mass is 9.82. The van der Waals surface area contributed by atoms with Crippen molar-refractivity contribution in [3.8, 4) is 23.7 Å². The van der Waals surface area contributed by atoms with E-state index in [0.717, 1.165) is 43.2 Å². The van der Waals surface area contributed by atoms with E-state index >= 15 is 0 Å². The van der Waals surface area contributed by atoms with Crippen molar-refractivity contribution < 1.29 is 19.7 Å². The van der Waals surface area contributed by atoms with Gasteiger partial charge in [-0.1, -0.05) is 59.0 Å². The average Bonchev–Trinajstić information content (AvgIpc) is 3.47. The van der Waals surface area contributed by atoms with Crippen molar-refractivity contribution >= 4 is 29.1 Å². The molecular weight excluding hydrogens is 559 g/mol.